The molecule has 410 valence electrons. The number of piperazine rings is 2. The number of carboxylic acid groups (broad SMARTS) is 1. The number of halogens is 2. The zero-order valence-electron chi connectivity index (χ0n) is 44.4. The summed E-state index contributed by atoms with van der Waals surface area (Å²) in [7, 11) is 1.85. The number of alkyl halides is 2. The number of rotatable bonds is 14. The molecule has 4 aliphatic heterocycles. The van der Waals surface area contributed by atoms with Gasteiger partial charge in [-0.2, -0.15) is 5.10 Å². The van der Waals surface area contributed by atoms with E-state index in [9.17, 15) is 29.1 Å². The van der Waals surface area contributed by atoms with Crippen molar-refractivity contribution in [2.45, 2.75) is 70.5 Å². The van der Waals surface area contributed by atoms with E-state index in [4.69, 9.17) is 9.84 Å². The summed E-state index contributed by atoms with van der Waals surface area (Å²) in [5.74, 6) is -5.31. The zero-order valence-corrected chi connectivity index (χ0v) is 45.2. The van der Waals surface area contributed by atoms with Crippen molar-refractivity contribution in [2.24, 2.45) is 7.05 Å². The van der Waals surface area contributed by atoms with Gasteiger partial charge >= 0.3 is 5.97 Å². The maximum Gasteiger partial charge on any atom is 0.355 e. The van der Waals surface area contributed by atoms with Crippen LogP contribution >= 0.6 is 11.3 Å². The van der Waals surface area contributed by atoms with Crippen LogP contribution in [-0.4, -0.2) is 153 Å². The molecule has 3 aromatic heterocycles. The molecule has 4 aliphatic rings. The van der Waals surface area contributed by atoms with Crippen molar-refractivity contribution in [1.82, 2.24) is 39.8 Å². The molecule has 7 aromatic rings. The molecule has 0 spiro atoms. The lowest BCUT2D eigenvalue weighted by Gasteiger charge is -2.45. The monoisotopic (exact) mass is 1090 g/mol. The fourth-order valence-electron chi connectivity index (χ4n) is 11.9. The van der Waals surface area contributed by atoms with E-state index < -0.39 is 31.0 Å². The number of para-hydroxylation sites is 2. The molecule has 0 aliphatic carbocycles. The maximum absolute atomic E-state index is 15.9. The minimum Gasteiger partial charge on any atom is -0.487 e. The third kappa shape index (κ3) is 10.9. The van der Waals surface area contributed by atoms with Crippen LogP contribution in [-0.2, 0) is 34.4 Å². The number of thiazole rings is 1. The van der Waals surface area contributed by atoms with E-state index in [1.165, 1.54) is 11.3 Å². The largest absolute Gasteiger partial charge is 0.487 e. The van der Waals surface area contributed by atoms with Gasteiger partial charge < -0.3 is 24.5 Å². The number of nitrogens with zero attached hydrogens (tertiary/aromatic N) is 9. The number of pyridine rings is 1. The van der Waals surface area contributed by atoms with Crippen molar-refractivity contribution in [3.05, 3.63) is 125 Å². The van der Waals surface area contributed by atoms with Crippen molar-refractivity contribution in [1.29, 1.82) is 0 Å². The molecule has 3 fully saturated rings. The number of benzene rings is 4. The van der Waals surface area contributed by atoms with E-state index in [-0.39, 0.29) is 60.1 Å². The molecule has 3 N–H and O–H groups in total. The van der Waals surface area contributed by atoms with Gasteiger partial charge in [-0.05, 0) is 98.3 Å². The highest BCUT2D eigenvalue weighted by Crippen LogP contribution is 2.38. The Hall–Kier alpha value is -7.88. The molecule has 11 rings (SSSR count). The molecular weight excluding hydrogens is 1030 g/mol. The Morgan fingerprint density at radius 2 is 1.62 bits per heavy atom. The summed E-state index contributed by atoms with van der Waals surface area (Å²) in [5.41, 5.74) is 6.69. The van der Waals surface area contributed by atoms with E-state index in [1.807, 2.05) is 85.3 Å². The van der Waals surface area contributed by atoms with Gasteiger partial charge in [0.15, 0.2) is 17.4 Å². The van der Waals surface area contributed by atoms with E-state index >= 15 is 8.78 Å². The van der Waals surface area contributed by atoms with Gasteiger partial charge in [0.2, 0.25) is 17.7 Å². The Balaban J connectivity index is 0.686. The molecule has 3 atom stereocenters. The quantitative estimate of drug-likeness (QED) is 0.0914. The van der Waals surface area contributed by atoms with Crippen molar-refractivity contribution in [2.75, 3.05) is 80.6 Å². The Labute approximate surface area is 458 Å². The number of hydrogen-bond acceptors (Lipinski definition) is 14. The van der Waals surface area contributed by atoms with Gasteiger partial charge in [0.1, 0.15) is 11.6 Å². The normalized spacial score (nSPS) is 19.4. The van der Waals surface area contributed by atoms with Crippen molar-refractivity contribution >= 4 is 78.7 Å². The maximum atomic E-state index is 15.9. The molecule has 18 nitrogen and oxygen atoms in total. The number of fused-ring (bicyclic) bond motifs is 3. The van der Waals surface area contributed by atoms with E-state index in [1.54, 1.807) is 52.9 Å². The van der Waals surface area contributed by atoms with Crippen LogP contribution in [0, 0.1) is 6.92 Å². The van der Waals surface area contributed by atoms with Crippen LogP contribution in [0.3, 0.4) is 0 Å². The number of aromatic nitrogens is 4. The van der Waals surface area contributed by atoms with Crippen LogP contribution in [0.15, 0.2) is 91.0 Å². The summed E-state index contributed by atoms with van der Waals surface area (Å²) in [5, 5.41) is 22.0. The number of hydrogen-bond donors (Lipinski definition) is 3. The standard InChI is InChI=1S/C58H61F2N11O7S/c1-34-28-67(29-35(2)71(34)31-50(73)69-26-24-68(25-27-69)45-15-8-13-41-51(65-66(4)53(41)45)42-19-21-49(72)63-55(42)75)32-58(59,60)33-78-46-16-9-11-38(36(46)3)39-18-20-48(62-52(39)56(76)77)70-23-22-37-10-7-12-40(43(37)30-70)54(74)64-57-61-44-14-5-6-17-47(44)79-57/h5-18,20,34-35,42H,19,21-33H2,1-4H3,(H,76,77)(H,61,64,74)(H,63,72,75)/t34-,35+,42?. The van der Waals surface area contributed by atoms with Crippen LogP contribution in [0.1, 0.15) is 75.8 Å². The molecule has 0 saturated carbocycles. The number of amides is 4. The van der Waals surface area contributed by atoms with Gasteiger partial charge in [-0.15, -0.1) is 0 Å². The SMILES string of the molecule is Cc1c(OCC(F)(F)CN2C[C@@H](C)N(CC(=O)N3CCN(c4cccc5c(C6CCC(=O)NC6=O)nn(C)c45)CC3)[C@@H](C)C2)cccc1-c1ccc(N2CCc3cccc(C(=O)Nc4nc5ccccc5s4)c3C2)nc1C(=O)O. The molecule has 21 heteroatoms. The molecule has 0 bridgehead atoms. The number of aryl methyl sites for hydroxylation is 1. The molecular formula is C58H61F2N11O7S. The minimum atomic E-state index is -3.25. The third-order valence-electron chi connectivity index (χ3n) is 15.8. The number of carbonyl (C=O) groups excluding carboxylic acids is 4. The summed E-state index contributed by atoms with van der Waals surface area (Å²) < 4.78 is 40.5. The Bertz CT molecular complexity index is 3500. The van der Waals surface area contributed by atoms with Crippen molar-refractivity contribution < 1.29 is 42.6 Å². The average Bonchev–Trinajstić information content (AvgIpc) is 4.27. The number of carboxylic acids is 1. The number of imide groups is 1. The fourth-order valence-corrected chi connectivity index (χ4v) is 12.7. The number of ether oxygens (including phenoxy) is 1. The topological polar surface area (TPSA) is 199 Å². The Morgan fingerprint density at radius 3 is 2.38 bits per heavy atom. The molecule has 4 aromatic carbocycles. The minimum absolute atomic E-state index is 0.0175. The first-order valence-electron chi connectivity index (χ1n) is 26.7. The summed E-state index contributed by atoms with van der Waals surface area (Å²) in [6.07, 6.45) is 1.27. The molecule has 3 saturated heterocycles. The summed E-state index contributed by atoms with van der Waals surface area (Å²) >= 11 is 1.39. The number of nitrogens with one attached hydrogen (secondary N) is 2. The first kappa shape index (κ1) is 53.1. The average molecular weight is 1090 g/mol. The Kier molecular flexibility index (Phi) is 14.6. The van der Waals surface area contributed by atoms with Crippen molar-refractivity contribution in [3.63, 3.8) is 0 Å². The van der Waals surface area contributed by atoms with Crippen LogP contribution in [0.5, 0.6) is 5.75 Å². The van der Waals surface area contributed by atoms with Gasteiger partial charge in [-0.1, -0.05) is 59.9 Å². The number of aromatic carboxylic acids is 1. The van der Waals surface area contributed by atoms with E-state index in [0.717, 1.165) is 37.9 Å². The first-order chi connectivity index (χ1) is 38.0. The fraction of sp³-hybridized carbons (Fsp3) is 0.379. The molecule has 4 amide bonds. The number of anilines is 3. The smallest absolute Gasteiger partial charge is 0.355 e. The van der Waals surface area contributed by atoms with Gasteiger partial charge in [-0.3, -0.25) is 44.3 Å². The summed E-state index contributed by atoms with van der Waals surface area (Å²) in [4.78, 5) is 84.0. The predicted octanol–water partition coefficient (Wildman–Crippen LogP) is 7.34. The predicted molar refractivity (Wildman–Crippen MR) is 297 cm³/mol. The third-order valence-corrected chi connectivity index (χ3v) is 16.8. The van der Waals surface area contributed by atoms with Crippen LogP contribution in [0.25, 0.3) is 32.2 Å². The van der Waals surface area contributed by atoms with Gasteiger partial charge in [0.25, 0.3) is 11.8 Å². The highest BCUT2D eigenvalue weighted by Gasteiger charge is 2.40. The van der Waals surface area contributed by atoms with Gasteiger partial charge in [0, 0.05) is 94.4 Å². The second kappa shape index (κ2) is 21.7. The van der Waals surface area contributed by atoms with E-state index in [0.29, 0.717) is 104 Å². The molecule has 0 radical (unpaired) electrons. The van der Waals surface area contributed by atoms with Crippen LogP contribution < -0.4 is 25.2 Å². The number of carbonyl (C=O) groups is 5. The second-order valence-electron chi connectivity index (χ2n) is 21.1. The summed E-state index contributed by atoms with van der Waals surface area (Å²) in [6.45, 7) is 8.04. The summed E-state index contributed by atoms with van der Waals surface area (Å²) in [6, 6.07) is 27.2. The first-order valence-corrected chi connectivity index (χ1v) is 27.5. The lowest BCUT2D eigenvalue weighted by molar-refractivity contribution is -0.136. The zero-order chi connectivity index (χ0) is 55.3. The molecule has 7 heterocycles. The van der Waals surface area contributed by atoms with Gasteiger partial charge in [-0.25, -0.2) is 23.5 Å². The highest BCUT2D eigenvalue weighted by atomic mass is 32.1. The Morgan fingerprint density at radius 1 is 0.861 bits per heavy atom. The second-order valence-corrected chi connectivity index (χ2v) is 22.1. The highest BCUT2D eigenvalue weighted by molar-refractivity contribution is 7.22. The van der Waals surface area contributed by atoms with Crippen LogP contribution in [0.4, 0.5) is 25.4 Å². The lowest BCUT2D eigenvalue weighted by Crippen LogP contribution is -2.61. The van der Waals surface area contributed by atoms with Crippen molar-refractivity contribution in [3.8, 4) is 16.9 Å². The van der Waals surface area contributed by atoms with Crippen LogP contribution in [0.2, 0.25) is 0 Å². The van der Waals surface area contributed by atoms with E-state index in [2.05, 4.69) is 30.4 Å². The number of piperidine rings is 1. The molecule has 79 heavy (non-hydrogen) atoms. The van der Waals surface area contributed by atoms with Gasteiger partial charge in [0.05, 0.1) is 46.1 Å². The molecule has 1 unspecified atom stereocenters. The lowest BCUT2D eigenvalue weighted by atomic mass is 9.92.